The summed E-state index contributed by atoms with van der Waals surface area (Å²) in [5.74, 6) is 0. The fourth-order valence-electron chi connectivity index (χ4n) is 1.83. The Kier molecular flexibility index (Phi) is 1.94. The molecule has 0 radical (unpaired) electrons. The van der Waals surface area contributed by atoms with Crippen molar-refractivity contribution < 1.29 is 0 Å². The van der Waals surface area contributed by atoms with E-state index in [0.717, 1.165) is 0 Å². The predicted octanol–water partition coefficient (Wildman–Crippen LogP) is 2.91. The minimum absolute atomic E-state index is 0.228. The second-order valence-corrected chi connectivity index (χ2v) is 5.00. The minimum atomic E-state index is 0.228. The Balaban J connectivity index is 2.30. The van der Waals surface area contributed by atoms with Crippen molar-refractivity contribution in [3.8, 4) is 0 Å². The molecule has 2 heteroatoms. The molecule has 0 aliphatic heterocycles. The minimum Gasteiger partial charge on any atom is -0.266 e. The lowest BCUT2D eigenvalue weighted by Crippen LogP contribution is -2.25. The van der Waals surface area contributed by atoms with E-state index < -0.39 is 0 Å². The molecule has 1 heterocycles. The number of aromatic nitrogens is 2. The molecule has 2 rings (SSSR count). The molecular weight excluding hydrogens is 160 g/mol. The third kappa shape index (κ3) is 1.50. The van der Waals surface area contributed by atoms with Gasteiger partial charge in [-0.05, 0) is 25.3 Å². The van der Waals surface area contributed by atoms with Crippen molar-refractivity contribution in [3.63, 3.8) is 0 Å². The summed E-state index contributed by atoms with van der Waals surface area (Å²) in [6.07, 6.45) is 5.92. The third-order valence-corrected chi connectivity index (χ3v) is 2.86. The average Bonchev–Trinajstić information content (AvgIpc) is 2.29. The van der Waals surface area contributed by atoms with Crippen LogP contribution in [0.25, 0.3) is 0 Å². The Morgan fingerprint density at radius 1 is 1.38 bits per heavy atom. The highest BCUT2D eigenvalue weighted by Crippen LogP contribution is 2.34. The van der Waals surface area contributed by atoms with Gasteiger partial charge in [0.05, 0.1) is 6.04 Å². The maximum atomic E-state index is 4.42. The molecule has 0 aromatic carbocycles. The van der Waals surface area contributed by atoms with Gasteiger partial charge < -0.3 is 0 Å². The van der Waals surface area contributed by atoms with Gasteiger partial charge >= 0.3 is 0 Å². The summed E-state index contributed by atoms with van der Waals surface area (Å²) in [5, 5.41) is 4.42. The Hall–Kier alpha value is -0.790. The molecule has 0 saturated heterocycles. The zero-order valence-electron chi connectivity index (χ0n) is 8.75. The van der Waals surface area contributed by atoms with E-state index in [1.807, 2.05) is 6.20 Å². The summed E-state index contributed by atoms with van der Waals surface area (Å²) in [4.78, 5) is 0. The summed E-state index contributed by atoms with van der Waals surface area (Å²) in [5.41, 5.74) is 1.60. The lowest BCUT2D eigenvalue weighted by molar-refractivity contribution is 0.271. The van der Waals surface area contributed by atoms with Gasteiger partial charge in [0.1, 0.15) is 0 Å². The van der Waals surface area contributed by atoms with Crippen molar-refractivity contribution in [3.05, 3.63) is 18.0 Å². The van der Waals surface area contributed by atoms with Crippen LogP contribution in [0.3, 0.4) is 0 Å². The summed E-state index contributed by atoms with van der Waals surface area (Å²) in [6.45, 7) is 6.75. The standard InChI is InChI=1S/C11H18N2/c1-11(2,3)10-7-8-12-13(10)9-5-4-6-9/h7-9H,4-6H2,1-3H3. The van der Waals surface area contributed by atoms with Crippen LogP contribution in [0.2, 0.25) is 0 Å². The summed E-state index contributed by atoms with van der Waals surface area (Å²) in [7, 11) is 0. The highest BCUT2D eigenvalue weighted by Gasteiger charge is 2.26. The largest absolute Gasteiger partial charge is 0.266 e. The van der Waals surface area contributed by atoms with E-state index in [2.05, 4.69) is 36.6 Å². The molecule has 0 bridgehead atoms. The molecule has 0 amide bonds. The van der Waals surface area contributed by atoms with Crippen molar-refractivity contribution >= 4 is 0 Å². The van der Waals surface area contributed by atoms with Gasteiger partial charge in [0, 0.05) is 17.3 Å². The normalized spacial score (nSPS) is 18.7. The maximum Gasteiger partial charge on any atom is 0.0522 e. The first-order valence-electron chi connectivity index (χ1n) is 5.13. The van der Waals surface area contributed by atoms with E-state index in [4.69, 9.17) is 0 Å². The molecule has 1 fully saturated rings. The smallest absolute Gasteiger partial charge is 0.0522 e. The fourth-order valence-corrected chi connectivity index (χ4v) is 1.83. The highest BCUT2D eigenvalue weighted by atomic mass is 15.3. The van der Waals surface area contributed by atoms with Crippen LogP contribution in [0, 0.1) is 0 Å². The van der Waals surface area contributed by atoms with Gasteiger partial charge in [-0.2, -0.15) is 5.10 Å². The first-order chi connectivity index (χ1) is 6.09. The molecule has 2 nitrogen and oxygen atoms in total. The topological polar surface area (TPSA) is 17.8 Å². The van der Waals surface area contributed by atoms with Crippen LogP contribution in [0.15, 0.2) is 12.3 Å². The molecule has 0 atom stereocenters. The second-order valence-electron chi connectivity index (χ2n) is 5.00. The van der Waals surface area contributed by atoms with Crippen LogP contribution >= 0.6 is 0 Å². The van der Waals surface area contributed by atoms with Gasteiger partial charge in [-0.1, -0.05) is 20.8 Å². The second kappa shape index (κ2) is 2.86. The molecule has 0 unspecified atom stereocenters. The Morgan fingerprint density at radius 3 is 2.54 bits per heavy atom. The summed E-state index contributed by atoms with van der Waals surface area (Å²) in [6, 6.07) is 2.84. The number of nitrogens with zero attached hydrogens (tertiary/aromatic N) is 2. The van der Waals surface area contributed by atoms with Crippen molar-refractivity contribution in [2.45, 2.75) is 51.5 Å². The first kappa shape index (κ1) is 8.79. The van der Waals surface area contributed by atoms with Crippen molar-refractivity contribution in [1.82, 2.24) is 9.78 Å². The average molecular weight is 178 g/mol. The van der Waals surface area contributed by atoms with Crippen LogP contribution in [-0.2, 0) is 5.41 Å². The Bertz CT molecular complexity index is 289. The fraction of sp³-hybridized carbons (Fsp3) is 0.727. The van der Waals surface area contributed by atoms with Crippen LogP contribution in [-0.4, -0.2) is 9.78 Å². The zero-order valence-corrected chi connectivity index (χ0v) is 8.75. The van der Waals surface area contributed by atoms with Gasteiger partial charge in [-0.15, -0.1) is 0 Å². The molecule has 1 aliphatic rings. The molecule has 0 spiro atoms. The monoisotopic (exact) mass is 178 g/mol. The highest BCUT2D eigenvalue weighted by molar-refractivity contribution is 5.13. The number of hydrogen-bond donors (Lipinski definition) is 0. The summed E-state index contributed by atoms with van der Waals surface area (Å²) < 4.78 is 2.23. The van der Waals surface area contributed by atoms with Gasteiger partial charge in [-0.25, -0.2) is 0 Å². The van der Waals surface area contributed by atoms with Crippen molar-refractivity contribution in [1.29, 1.82) is 0 Å². The van der Waals surface area contributed by atoms with Crippen molar-refractivity contribution in [2.75, 3.05) is 0 Å². The van der Waals surface area contributed by atoms with E-state index in [1.165, 1.54) is 25.0 Å². The lowest BCUT2D eigenvalue weighted by atomic mass is 9.88. The Morgan fingerprint density at radius 2 is 2.08 bits per heavy atom. The molecule has 1 aromatic heterocycles. The molecule has 1 aromatic rings. The van der Waals surface area contributed by atoms with Gasteiger partial charge in [0.25, 0.3) is 0 Å². The van der Waals surface area contributed by atoms with E-state index in [9.17, 15) is 0 Å². The van der Waals surface area contributed by atoms with E-state index in [-0.39, 0.29) is 5.41 Å². The van der Waals surface area contributed by atoms with Crippen LogP contribution in [0.4, 0.5) is 0 Å². The number of hydrogen-bond acceptors (Lipinski definition) is 1. The molecule has 1 aliphatic carbocycles. The maximum absolute atomic E-state index is 4.42. The SMILES string of the molecule is CC(C)(C)c1ccnn1C1CCC1. The van der Waals surface area contributed by atoms with Gasteiger partial charge in [0.2, 0.25) is 0 Å². The summed E-state index contributed by atoms with van der Waals surface area (Å²) >= 11 is 0. The van der Waals surface area contributed by atoms with Gasteiger partial charge in [-0.3, -0.25) is 4.68 Å². The van der Waals surface area contributed by atoms with Crippen LogP contribution in [0.5, 0.6) is 0 Å². The first-order valence-corrected chi connectivity index (χ1v) is 5.13. The molecule has 13 heavy (non-hydrogen) atoms. The predicted molar refractivity (Wildman–Crippen MR) is 53.8 cm³/mol. The van der Waals surface area contributed by atoms with E-state index in [0.29, 0.717) is 6.04 Å². The van der Waals surface area contributed by atoms with Gasteiger partial charge in [0.15, 0.2) is 0 Å². The lowest BCUT2D eigenvalue weighted by Gasteiger charge is -2.31. The van der Waals surface area contributed by atoms with E-state index >= 15 is 0 Å². The van der Waals surface area contributed by atoms with Crippen LogP contribution in [0.1, 0.15) is 51.8 Å². The van der Waals surface area contributed by atoms with Crippen LogP contribution < -0.4 is 0 Å². The molecular formula is C11H18N2. The van der Waals surface area contributed by atoms with Crippen molar-refractivity contribution in [2.24, 2.45) is 0 Å². The Labute approximate surface area is 80.0 Å². The molecule has 0 N–H and O–H groups in total. The third-order valence-electron chi connectivity index (χ3n) is 2.86. The van der Waals surface area contributed by atoms with E-state index in [1.54, 1.807) is 0 Å². The quantitative estimate of drug-likeness (QED) is 0.646. The molecule has 72 valence electrons. The number of rotatable bonds is 1. The molecule has 1 saturated carbocycles. The zero-order chi connectivity index (χ0) is 9.47.